The Morgan fingerprint density at radius 1 is 1.45 bits per heavy atom. The average Bonchev–Trinajstić information content (AvgIpc) is 2.33. The molecule has 0 aliphatic heterocycles. The zero-order chi connectivity index (χ0) is 15.5. The lowest BCUT2D eigenvalue weighted by Gasteiger charge is -2.19. The van der Waals surface area contributed by atoms with Gasteiger partial charge in [-0.1, -0.05) is 0 Å². The second-order valence-corrected chi connectivity index (χ2v) is 4.07. The lowest BCUT2D eigenvalue weighted by atomic mass is 10.1. The first kappa shape index (κ1) is 15.8. The third-order valence-corrected chi connectivity index (χ3v) is 2.52. The number of alkyl halides is 3. The number of nitriles is 1. The van der Waals surface area contributed by atoms with Gasteiger partial charge in [0.1, 0.15) is 0 Å². The molecule has 1 aromatic rings. The van der Waals surface area contributed by atoms with Crippen molar-refractivity contribution >= 4 is 11.7 Å². The third-order valence-electron chi connectivity index (χ3n) is 2.52. The second-order valence-electron chi connectivity index (χ2n) is 4.07. The van der Waals surface area contributed by atoms with Crippen molar-refractivity contribution in [1.82, 2.24) is 0 Å². The highest BCUT2D eigenvalue weighted by molar-refractivity contribution is 5.78. The lowest BCUT2D eigenvalue weighted by Crippen LogP contribution is -2.39. The first-order valence-corrected chi connectivity index (χ1v) is 5.45. The van der Waals surface area contributed by atoms with Gasteiger partial charge in [-0.15, -0.1) is 0 Å². The maximum absolute atomic E-state index is 12.7. The zero-order valence-corrected chi connectivity index (χ0v) is 10.3. The number of nitrogens with one attached hydrogen (secondary N) is 1. The van der Waals surface area contributed by atoms with Gasteiger partial charge in [-0.05, 0) is 25.1 Å². The molecule has 0 amide bonds. The summed E-state index contributed by atoms with van der Waals surface area (Å²) in [6.45, 7) is 1.19. The van der Waals surface area contributed by atoms with Gasteiger partial charge in [-0.3, -0.25) is 0 Å². The van der Waals surface area contributed by atoms with Crippen LogP contribution in [0.3, 0.4) is 0 Å². The number of aliphatic hydroxyl groups is 1. The Hall–Kier alpha value is -2.27. The minimum atomic E-state index is -4.73. The number of aliphatic carboxylic acids is 1. The van der Waals surface area contributed by atoms with Crippen LogP contribution < -0.4 is 5.32 Å². The van der Waals surface area contributed by atoms with E-state index >= 15 is 0 Å². The fourth-order valence-corrected chi connectivity index (χ4v) is 1.53. The monoisotopic (exact) mass is 288 g/mol. The van der Waals surface area contributed by atoms with Gasteiger partial charge in [-0.25, -0.2) is 4.79 Å². The van der Waals surface area contributed by atoms with Crippen LogP contribution in [0.2, 0.25) is 0 Å². The van der Waals surface area contributed by atoms with Crippen molar-refractivity contribution in [2.75, 3.05) is 5.32 Å². The number of carboxylic acid groups (broad SMARTS) is 1. The Morgan fingerprint density at radius 2 is 2.05 bits per heavy atom. The number of halogens is 3. The number of aliphatic hydroxyl groups excluding tert-OH is 1. The quantitative estimate of drug-likeness (QED) is 0.785. The Bertz CT molecular complexity index is 550. The van der Waals surface area contributed by atoms with Gasteiger partial charge in [0, 0.05) is 5.69 Å². The van der Waals surface area contributed by atoms with Gasteiger partial charge < -0.3 is 15.5 Å². The minimum absolute atomic E-state index is 0.148. The molecular formula is C12H11F3N2O3. The van der Waals surface area contributed by atoms with Crippen molar-refractivity contribution in [2.24, 2.45) is 0 Å². The number of nitrogens with zero attached hydrogens (tertiary/aromatic N) is 1. The van der Waals surface area contributed by atoms with E-state index in [1.807, 2.05) is 0 Å². The molecule has 0 saturated heterocycles. The van der Waals surface area contributed by atoms with Crippen LogP contribution in [-0.4, -0.2) is 28.3 Å². The fraction of sp³-hybridized carbons (Fsp3) is 0.333. The van der Waals surface area contributed by atoms with Crippen LogP contribution in [0, 0.1) is 11.3 Å². The summed E-state index contributed by atoms with van der Waals surface area (Å²) >= 11 is 0. The maximum Gasteiger partial charge on any atom is 0.417 e. The normalized spacial score (nSPS) is 14.2. The number of benzene rings is 1. The molecular weight excluding hydrogens is 277 g/mol. The lowest BCUT2D eigenvalue weighted by molar-refractivity contribution is -0.140. The molecule has 1 aromatic carbocycles. The fourth-order valence-electron chi connectivity index (χ4n) is 1.53. The number of carbonyl (C=O) groups is 1. The van der Waals surface area contributed by atoms with Gasteiger partial charge in [-0.2, -0.15) is 18.4 Å². The van der Waals surface area contributed by atoms with Gasteiger partial charge in [0.25, 0.3) is 0 Å². The maximum atomic E-state index is 12.7. The molecule has 0 spiro atoms. The van der Waals surface area contributed by atoms with Gasteiger partial charge in [0.15, 0.2) is 6.04 Å². The first-order valence-electron chi connectivity index (χ1n) is 5.45. The Morgan fingerprint density at radius 3 is 2.45 bits per heavy atom. The molecule has 0 saturated carbocycles. The molecule has 5 nitrogen and oxygen atoms in total. The summed E-state index contributed by atoms with van der Waals surface area (Å²) in [6.07, 6.45) is -6.04. The largest absolute Gasteiger partial charge is 0.480 e. The second kappa shape index (κ2) is 5.79. The minimum Gasteiger partial charge on any atom is -0.480 e. The topological polar surface area (TPSA) is 93.4 Å². The summed E-state index contributed by atoms with van der Waals surface area (Å²) < 4.78 is 38.2. The molecule has 2 atom stereocenters. The van der Waals surface area contributed by atoms with E-state index in [4.69, 9.17) is 10.4 Å². The van der Waals surface area contributed by atoms with E-state index in [1.54, 1.807) is 0 Å². The number of hydrogen-bond donors (Lipinski definition) is 3. The van der Waals surface area contributed by atoms with Crippen molar-refractivity contribution in [2.45, 2.75) is 25.2 Å². The van der Waals surface area contributed by atoms with Crippen LogP contribution in [0.5, 0.6) is 0 Å². The average molecular weight is 288 g/mol. The molecule has 108 valence electrons. The van der Waals surface area contributed by atoms with Gasteiger partial charge in [0.05, 0.1) is 23.3 Å². The molecule has 0 heterocycles. The van der Waals surface area contributed by atoms with E-state index in [2.05, 4.69) is 5.32 Å². The van der Waals surface area contributed by atoms with Crippen LogP contribution in [0.25, 0.3) is 0 Å². The van der Waals surface area contributed by atoms with Crippen molar-refractivity contribution in [3.63, 3.8) is 0 Å². The molecule has 0 aliphatic rings. The smallest absolute Gasteiger partial charge is 0.417 e. The number of hydrogen-bond acceptors (Lipinski definition) is 4. The predicted molar refractivity (Wildman–Crippen MR) is 62.9 cm³/mol. The molecule has 1 unspecified atom stereocenters. The molecule has 0 bridgehead atoms. The highest BCUT2D eigenvalue weighted by Gasteiger charge is 2.34. The van der Waals surface area contributed by atoms with E-state index in [0.29, 0.717) is 6.07 Å². The Labute approximate surface area is 112 Å². The van der Waals surface area contributed by atoms with E-state index in [1.165, 1.54) is 13.0 Å². The van der Waals surface area contributed by atoms with Gasteiger partial charge in [0.2, 0.25) is 0 Å². The van der Waals surface area contributed by atoms with Gasteiger partial charge >= 0.3 is 12.1 Å². The molecule has 20 heavy (non-hydrogen) atoms. The molecule has 0 aromatic heterocycles. The van der Waals surface area contributed by atoms with E-state index in [0.717, 1.165) is 12.1 Å². The SMILES string of the molecule is CC(O)[C@@H](Nc1ccc(C#N)c(C(F)(F)F)c1)C(=O)O. The number of carboxylic acids is 1. The van der Waals surface area contributed by atoms with Crippen molar-refractivity contribution in [3.05, 3.63) is 29.3 Å². The summed E-state index contributed by atoms with van der Waals surface area (Å²) in [5.74, 6) is -1.40. The first-order chi connectivity index (χ1) is 9.16. The van der Waals surface area contributed by atoms with Crippen molar-refractivity contribution in [3.8, 4) is 6.07 Å². The number of rotatable bonds is 4. The van der Waals surface area contributed by atoms with Crippen LogP contribution >= 0.6 is 0 Å². The highest BCUT2D eigenvalue weighted by atomic mass is 19.4. The molecule has 8 heteroatoms. The van der Waals surface area contributed by atoms with E-state index in [9.17, 15) is 23.1 Å². The predicted octanol–water partition coefficient (Wildman–Crippen LogP) is 1.82. The van der Waals surface area contributed by atoms with Crippen LogP contribution in [0.1, 0.15) is 18.1 Å². The molecule has 0 radical (unpaired) electrons. The zero-order valence-electron chi connectivity index (χ0n) is 10.3. The third kappa shape index (κ3) is 3.61. The van der Waals surface area contributed by atoms with E-state index in [-0.39, 0.29) is 5.69 Å². The molecule has 0 fully saturated rings. The van der Waals surface area contributed by atoms with Crippen molar-refractivity contribution in [1.29, 1.82) is 5.26 Å². The molecule has 3 N–H and O–H groups in total. The summed E-state index contributed by atoms with van der Waals surface area (Å²) in [4.78, 5) is 10.9. The van der Waals surface area contributed by atoms with Crippen LogP contribution in [0.4, 0.5) is 18.9 Å². The van der Waals surface area contributed by atoms with Crippen LogP contribution in [0.15, 0.2) is 18.2 Å². The molecule has 0 aliphatic carbocycles. The van der Waals surface area contributed by atoms with Crippen molar-refractivity contribution < 1.29 is 28.2 Å². The summed E-state index contributed by atoms with van der Waals surface area (Å²) in [5, 5.41) is 29.0. The number of anilines is 1. The summed E-state index contributed by atoms with van der Waals surface area (Å²) in [6, 6.07) is 2.68. The Balaban J connectivity index is 3.16. The highest BCUT2D eigenvalue weighted by Crippen LogP contribution is 2.33. The summed E-state index contributed by atoms with van der Waals surface area (Å²) in [7, 11) is 0. The van der Waals surface area contributed by atoms with Crippen LogP contribution in [-0.2, 0) is 11.0 Å². The Kier molecular flexibility index (Phi) is 4.57. The van der Waals surface area contributed by atoms with E-state index < -0.39 is 35.4 Å². The molecule has 1 rings (SSSR count). The standard InChI is InChI=1S/C12H11F3N2O3/c1-6(18)10(11(19)20)17-8-3-2-7(5-16)9(4-8)12(13,14)15/h2-4,6,10,17-18H,1H3,(H,19,20)/t6?,10-/m1/s1. The summed E-state index contributed by atoms with van der Waals surface area (Å²) in [5.41, 5.74) is -1.88.